The van der Waals surface area contributed by atoms with E-state index >= 15 is 0 Å². The number of amides is 1. The number of rotatable bonds is 8. The number of carbonyl (C=O) groups excluding carboxylic acids is 2. The van der Waals surface area contributed by atoms with Crippen molar-refractivity contribution in [2.75, 3.05) is 13.2 Å². The van der Waals surface area contributed by atoms with Crippen molar-refractivity contribution in [3.63, 3.8) is 0 Å². The van der Waals surface area contributed by atoms with Gasteiger partial charge in [0.1, 0.15) is 6.61 Å². The molecule has 1 amide bonds. The van der Waals surface area contributed by atoms with Crippen LogP contribution in [-0.2, 0) is 14.3 Å². The first kappa shape index (κ1) is 14.7. The lowest BCUT2D eigenvalue weighted by Gasteiger charge is -2.07. The summed E-state index contributed by atoms with van der Waals surface area (Å²) in [6, 6.07) is 0. The minimum absolute atomic E-state index is 0.0158. The zero-order valence-corrected chi connectivity index (χ0v) is 10.2. The third-order valence-electron chi connectivity index (χ3n) is 2.00. The molecule has 0 heterocycles. The van der Waals surface area contributed by atoms with Gasteiger partial charge in [-0.15, -0.1) is 0 Å². The van der Waals surface area contributed by atoms with E-state index in [1.54, 1.807) is 0 Å². The van der Waals surface area contributed by atoms with Crippen LogP contribution >= 0.6 is 0 Å². The maximum absolute atomic E-state index is 11.3. The highest BCUT2D eigenvalue weighted by molar-refractivity contribution is 5.93. The molecule has 0 fully saturated rings. The van der Waals surface area contributed by atoms with Crippen LogP contribution < -0.4 is 5.32 Å². The Bertz CT molecular complexity index is 249. The average Bonchev–Trinajstić information content (AvgIpc) is 2.30. The molecule has 0 saturated carbocycles. The van der Waals surface area contributed by atoms with Gasteiger partial charge in [0, 0.05) is 18.5 Å². The minimum Gasteiger partial charge on any atom is -0.461 e. The van der Waals surface area contributed by atoms with Crippen LogP contribution in [0, 0.1) is 0 Å². The monoisotopic (exact) mass is 227 g/mol. The zero-order valence-electron chi connectivity index (χ0n) is 10.2. The molecular weight excluding hydrogens is 206 g/mol. The third-order valence-corrected chi connectivity index (χ3v) is 2.00. The number of hydrogen-bond acceptors (Lipinski definition) is 3. The molecule has 0 unspecified atom stereocenters. The van der Waals surface area contributed by atoms with Gasteiger partial charge in [-0.05, 0) is 12.8 Å². The summed E-state index contributed by atoms with van der Waals surface area (Å²) in [5, 5.41) is 2.67. The Kier molecular flexibility index (Phi) is 8.21. The van der Waals surface area contributed by atoms with Crippen molar-refractivity contribution >= 4 is 11.9 Å². The standard InChI is InChI=1S/C12H21NO3/c1-4-6-7-11(14)16-9-10(3)12(15)13-8-5-2/h3-9H2,1-2H3,(H,13,15). The van der Waals surface area contributed by atoms with Crippen molar-refractivity contribution in [1.29, 1.82) is 0 Å². The molecule has 4 nitrogen and oxygen atoms in total. The van der Waals surface area contributed by atoms with E-state index in [1.165, 1.54) is 0 Å². The normalized spacial score (nSPS) is 9.62. The Morgan fingerprint density at radius 1 is 1.25 bits per heavy atom. The van der Waals surface area contributed by atoms with Gasteiger partial charge in [0.2, 0.25) is 5.91 Å². The zero-order chi connectivity index (χ0) is 12.4. The molecule has 0 spiro atoms. The smallest absolute Gasteiger partial charge is 0.306 e. The lowest BCUT2D eigenvalue weighted by molar-refractivity contribution is -0.143. The molecule has 0 aromatic carbocycles. The van der Waals surface area contributed by atoms with Gasteiger partial charge in [0.15, 0.2) is 0 Å². The summed E-state index contributed by atoms with van der Waals surface area (Å²) in [4.78, 5) is 22.5. The van der Waals surface area contributed by atoms with E-state index in [0.717, 1.165) is 19.3 Å². The molecule has 0 aliphatic heterocycles. The minimum atomic E-state index is -0.272. The highest BCUT2D eigenvalue weighted by Crippen LogP contribution is 1.99. The Morgan fingerprint density at radius 2 is 1.94 bits per heavy atom. The number of esters is 1. The lowest BCUT2D eigenvalue weighted by atomic mass is 10.2. The van der Waals surface area contributed by atoms with Crippen molar-refractivity contribution in [3.8, 4) is 0 Å². The molecule has 92 valence electrons. The fraction of sp³-hybridized carbons (Fsp3) is 0.667. The second-order valence-corrected chi connectivity index (χ2v) is 3.62. The predicted octanol–water partition coefficient (Wildman–Crippen LogP) is 1.80. The van der Waals surface area contributed by atoms with Gasteiger partial charge in [0.25, 0.3) is 0 Å². The van der Waals surface area contributed by atoms with Gasteiger partial charge >= 0.3 is 5.97 Å². The first-order valence-corrected chi connectivity index (χ1v) is 5.73. The topological polar surface area (TPSA) is 55.4 Å². The molecule has 16 heavy (non-hydrogen) atoms. The summed E-state index contributed by atoms with van der Waals surface area (Å²) in [6.45, 7) is 8.14. The second-order valence-electron chi connectivity index (χ2n) is 3.62. The van der Waals surface area contributed by atoms with Crippen LogP contribution in [0.5, 0.6) is 0 Å². The van der Waals surface area contributed by atoms with Gasteiger partial charge in [-0.2, -0.15) is 0 Å². The molecular formula is C12H21NO3. The first-order chi connectivity index (χ1) is 7.61. The molecule has 0 atom stereocenters. The molecule has 0 rings (SSSR count). The summed E-state index contributed by atoms with van der Waals surface area (Å²) in [6.07, 6.45) is 3.04. The van der Waals surface area contributed by atoms with Crippen LogP contribution in [0.1, 0.15) is 39.5 Å². The van der Waals surface area contributed by atoms with Crippen molar-refractivity contribution in [1.82, 2.24) is 5.32 Å². The van der Waals surface area contributed by atoms with Gasteiger partial charge in [-0.3, -0.25) is 9.59 Å². The van der Waals surface area contributed by atoms with Gasteiger partial charge in [0.05, 0.1) is 0 Å². The van der Waals surface area contributed by atoms with E-state index in [9.17, 15) is 9.59 Å². The van der Waals surface area contributed by atoms with E-state index in [1.807, 2.05) is 13.8 Å². The molecule has 0 bridgehead atoms. The molecule has 0 aromatic heterocycles. The highest BCUT2D eigenvalue weighted by Gasteiger charge is 2.08. The number of nitrogens with one attached hydrogen (secondary N) is 1. The van der Waals surface area contributed by atoms with Gasteiger partial charge in [-0.1, -0.05) is 26.8 Å². The maximum Gasteiger partial charge on any atom is 0.306 e. The number of hydrogen-bond donors (Lipinski definition) is 1. The highest BCUT2D eigenvalue weighted by atomic mass is 16.5. The molecule has 0 aliphatic carbocycles. The van der Waals surface area contributed by atoms with Crippen LogP contribution in [0.2, 0.25) is 0 Å². The number of carbonyl (C=O) groups is 2. The summed E-state index contributed by atoms with van der Waals surface area (Å²) in [5.74, 6) is -0.517. The molecule has 0 radical (unpaired) electrons. The molecule has 1 N–H and O–H groups in total. The third kappa shape index (κ3) is 7.04. The summed E-state index contributed by atoms with van der Waals surface area (Å²) in [7, 11) is 0. The van der Waals surface area contributed by atoms with Crippen molar-refractivity contribution in [2.45, 2.75) is 39.5 Å². The Balaban J connectivity index is 3.71. The van der Waals surface area contributed by atoms with Crippen LogP contribution in [-0.4, -0.2) is 25.0 Å². The number of unbranched alkanes of at least 4 members (excludes halogenated alkanes) is 1. The SMILES string of the molecule is C=C(COC(=O)CCCC)C(=O)NCCC. The fourth-order valence-electron chi connectivity index (χ4n) is 0.990. The first-order valence-electron chi connectivity index (χ1n) is 5.73. The maximum atomic E-state index is 11.3. The molecule has 4 heteroatoms. The molecule has 0 aliphatic rings. The predicted molar refractivity (Wildman–Crippen MR) is 62.9 cm³/mol. The van der Waals surface area contributed by atoms with Crippen molar-refractivity contribution in [2.24, 2.45) is 0 Å². The van der Waals surface area contributed by atoms with E-state index in [0.29, 0.717) is 18.5 Å². The van der Waals surface area contributed by atoms with Crippen LogP contribution in [0.3, 0.4) is 0 Å². The van der Waals surface area contributed by atoms with Crippen LogP contribution in [0.25, 0.3) is 0 Å². The largest absolute Gasteiger partial charge is 0.461 e. The fourth-order valence-corrected chi connectivity index (χ4v) is 0.990. The van der Waals surface area contributed by atoms with Crippen LogP contribution in [0.4, 0.5) is 0 Å². The van der Waals surface area contributed by atoms with Crippen molar-refractivity contribution < 1.29 is 14.3 Å². The summed E-state index contributed by atoms with van der Waals surface area (Å²) >= 11 is 0. The quantitative estimate of drug-likeness (QED) is 0.508. The van der Waals surface area contributed by atoms with E-state index in [-0.39, 0.29) is 18.5 Å². The van der Waals surface area contributed by atoms with E-state index in [4.69, 9.17) is 4.74 Å². The van der Waals surface area contributed by atoms with Crippen molar-refractivity contribution in [3.05, 3.63) is 12.2 Å². The van der Waals surface area contributed by atoms with Crippen LogP contribution in [0.15, 0.2) is 12.2 Å². The number of ether oxygens (including phenoxy) is 1. The van der Waals surface area contributed by atoms with E-state index in [2.05, 4.69) is 11.9 Å². The Hall–Kier alpha value is -1.32. The average molecular weight is 227 g/mol. The summed E-state index contributed by atoms with van der Waals surface area (Å²) in [5.41, 5.74) is 0.290. The van der Waals surface area contributed by atoms with E-state index < -0.39 is 0 Å². The lowest BCUT2D eigenvalue weighted by Crippen LogP contribution is -2.27. The molecule has 0 aromatic rings. The Morgan fingerprint density at radius 3 is 2.50 bits per heavy atom. The van der Waals surface area contributed by atoms with Gasteiger partial charge < -0.3 is 10.1 Å². The Labute approximate surface area is 97.1 Å². The molecule has 0 saturated heterocycles. The second kappa shape index (κ2) is 8.95. The van der Waals surface area contributed by atoms with Gasteiger partial charge in [-0.25, -0.2) is 0 Å². The summed E-state index contributed by atoms with van der Waals surface area (Å²) < 4.78 is 4.91.